The fraction of sp³-hybridized carbons (Fsp3) is 0.391. The fourth-order valence-electron chi connectivity index (χ4n) is 4.07. The lowest BCUT2D eigenvalue weighted by Gasteiger charge is -2.35. The predicted molar refractivity (Wildman–Crippen MR) is 129 cm³/mol. The number of thioether (sulfide) groups is 1. The molecule has 1 saturated heterocycles. The molecule has 178 valence electrons. The number of piperazine rings is 1. The van der Waals surface area contributed by atoms with Crippen LogP contribution in [0.15, 0.2) is 64.9 Å². The summed E-state index contributed by atoms with van der Waals surface area (Å²) in [6, 6.07) is 12.6. The van der Waals surface area contributed by atoms with E-state index in [0.717, 1.165) is 29.4 Å². The first-order valence-electron chi connectivity index (χ1n) is 11.3. The van der Waals surface area contributed by atoms with Crippen molar-refractivity contribution in [3.05, 3.63) is 54.9 Å². The zero-order valence-corrected chi connectivity index (χ0v) is 20.5. The van der Waals surface area contributed by atoms with Crippen LogP contribution in [-0.4, -0.2) is 74.7 Å². The number of benzene rings is 1. The van der Waals surface area contributed by atoms with Crippen molar-refractivity contribution in [1.82, 2.24) is 29.0 Å². The van der Waals surface area contributed by atoms with Crippen molar-refractivity contribution in [2.45, 2.75) is 41.1 Å². The molecule has 0 N–H and O–H groups in total. The fourth-order valence-corrected chi connectivity index (χ4v) is 6.52. The summed E-state index contributed by atoms with van der Waals surface area (Å²) in [4.78, 5) is 19.3. The van der Waals surface area contributed by atoms with Gasteiger partial charge in [-0.3, -0.25) is 14.3 Å². The molecule has 5 rings (SSSR count). The largest absolute Gasteiger partial charge is 0.339 e. The van der Waals surface area contributed by atoms with Crippen LogP contribution < -0.4 is 0 Å². The Labute approximate surface area is 203 Å². The Kier molecular flexibility index (Phi) is 6.41. The van der Waals surface area contributed by atoms with Gasteiger partial charge in [0.05, 0.1) is 10.1 Å². The molecular formula is C23H26N6O3S2. The van der Waals surface area contributed by atoms with Crippen LogP contribution in [0.25, 0.3) is 11.4 Å². The zero-order valence-electron chi connectivity index (χ0n) is 18.8. The number of pyridine rings is 1. The summed E-state index contributed by atoms with van der Waals surface area (Å²) in [5, 5.41) is 9.18. The maximum absolute atomic E-state index is 13.2. The molecule has 1 aliphatic carbocycles. The highest BCUT2D eigenvalue weighted by Crippen LogP contribution is 2.41. The molecule has 34 heavy (non-hydrogen) atoms. The van der Waals surface area contributed by atoms with Crippen molar-refractivity contribution >= 4 is 27.7 Å². The molecule has 1 unspecified atom stereocenters. The van der Waals surface area contributed by atoms with Gasteiger partial charge in [-0.15, -0.1) is 10.2 Å². The molecule has 3 heterocycles. The third-order valence-electron chi connectivity index (χ3n) is 6.08. The van der Waals surface area contributed by atoms with Gasteiger partial charge in [0.1, 0.15) is 0 Å². The average molecular weight is 499 g/mol. The Morgan fingerprint density at radius 3 is 2.32 bits per heavy atom. The van der Waals surface area contributed by atoms with E-state index in [9.17, 15) is 13.2 Å². The molecule has 2 aliphatic rings. The van der Waals surface area contributed by atoms with E-state index >= 15 is 0 Å². The molecule has 2 fully saturated rings. The van der Waals surface area contributed by atoms with E-state index in [1.807, 2.05) is 19.1 Å². The highest BCUT2D eigenvalue weighted by Gasteiger charge is 2.34. The molecule has 1 aliphatic heterocycles. The average Bonchev–Trinajstić information content (AvgIpc) is 3.64. The number of nitrogens with zero attached hydrogens (tertiary/aromatic N) is 6. The van der Waals surface area contributed by atoms with Gasteiger partial charge in [-0.2, -0.15) is 4.31 Å². The monoisotopic (exact) mass is 498 g/mol. The molecule has 1 atom stereocenters. The van der Waals surface area contributed by atoms with Crippen molar-refractivity contribution < 1.29 is 13.2 Å². The van der Waals surface area contributed by atoms with Gasteiger partial charge in [0.2, 0.25) is 15.9 Å². The highest BCUT2D eigenvalue weighted by molar-refractivity contribution is 8.00. The first kappa shape index (κ1) is 23.0. The number of carbonyl (C=O) groups excluding carboxylic acids is 1. The maximum atomic E-state index is 13.2. The Morgan fingerprint density at radius 2 is 1.68 bits per heavy atom. The number of rotatable bonds is 7. The summed E-state index contributed by atoms with van der Waals surface area (Å²) in [5.74, 6) is 0.782. The number of hydrogen-bond donors (Lipinski definition) is 0. The molecule has 0 bridgehead atoms. The van der Waals surface area contributed by atoms with E-state index < -0.39 is 10.0 Å². The number of hydrogen-bond acceptors (Lipinski definition) is 7. The molecule has 1 aromatic carbocycles. The second kappa shape index (κ2) is 9.47. The molecule has 2 aromatic heterocycles. The van der Waals surface area contributed by atoms with Gasteiger partial charge >= 0.3 is 0 Å². The predicted octanol–water partition coefficient (Wildman–Crippen LogP) is 2.69. The molecule has 1 saturated carbocycles. The third kappa shape index (κ3) is 4.59. The van der Waals surface area contributed by atoms with Crippen LogP contribution in [0.4, 0.5) is 0 Å². The smallest absolute Gasteiger partial charge is 0.243 e. The minimum atomic E-state index is -3.55. The summed E-state index contributed by atoms with van der Waals surface area (Å²) < 4.78 is 29.3. The van der Waals surface area contributed by atoms with Crippen LogP contribution in [0.3, 0.4) is 0 Å². The second-order valence-electron chi connectivity index (χ2n) is 8.45. The van der Waals surface area contributed by atoms with Gasteiger partial charge < -0.3 is 4.90 Å². The van der Waals surface area contributed by atoms with Crippen molar-refractivity contribution in [2.75, 3.05) is 26.2 Å². The lowest BCUT2D eigenvalue weighted by Crippen LogP contribution is -2.52. The van der Waals surface area contributed by atoms with E-state index in [1.165, 1.54) is 16.1 Å². The number of amides is 1. The molecule has 11 heteroatoms. The lowest BCUT2D eigenvalue weighted by atomic mass is 10.2. The Morgan fingerprint density at radius 1 is 1.00 bits per heavy atom. The molecule has 0 radical (unpaired) electrons. The van der Waals surface area contributed by atoms with E-state index in [4.69, 9.17) is 0 Å². The Bertz CT molecular complexity index is 1250. The molecule has 3 aromatic rings. The SMILES string of the molecule is CC(Sc1nnc(-c2ccncc2)n1C1CC1)C(=O)N1CCN(S(=O)(=O)c2ccccc2)CC1. The maximum Gasteiger partial charge on any atom is 0.243 e. The van der Waals surface area contributed by atoms with Gasteiger partial charge in [-0.25, -0.2) is 8.42 Å². The van der Waals surface area contributed by atoms with Crippen LogP contribution in [0.5, 0.6) is 0 Å². The lowest BCUT2D eigenvalue weighted by molar-refractivity contribution is -0.131. The first-order valence-corrected chi connectivity index (χ1v) is 13.6. The first-order chi connectivity index (χ1) is 16.4. The van der Waals surface area contributed by atoms with Crippen molar-refractivity contribution in [2.24, 2.45) is 0 Å². The number of aromatic nitrogens is 4. The van der Waals surface area contributed by atoms with Gasteiger partial charge in [0.25, 0.3) is 0 Å². The van der Waals surface area contributed by atoms with Gasteiger partial charge in [0, 0.05) is 50.2 Å². The third-order valence-corrected chi connectivity index (χ3v) is 9.03. The van der Waals surface area contributed by atoms with Crippen molar-refractivity contribution in [3.63, 3.8) is 0 Å². The van der Waals surface area contributed by atoms with Crippen LogP contribution in [-0.2, 0) is 14.8 Å². The normalized spacial score (nSPS) is 18.1. The molecular weight excluding hydrogens is 472 g/mol. The molecule has 9 nitrogen and oxygen atoms in total. The Hall–Kier alpha value is -2.76. The summed E-state index contributed by atoms with van der Waals surface area (Å²) in [6.07, 6.45) is 5.61. The van der Waals surface area contributed by atoms with Crippen molar-refractivity contribution in [3.8, 4) is 11.4 Å². The summed E-state index contributed by atoms with van der Waals surface area (Å²) in [7, 11) is -3.55. The standard InChI is InChI=1S/C23H26N6O3S2/c1-17(33-23-26-25-21(29(23)19-7-8-19)18-9-11-24-12-10-18)22(30)27-13-15-28(16-14-27)34(31,32)20-5-3-2-4-6-20/h2-6,9-12,17,19H,7-8,13-16H2,1H3. The van der Waals surface area contributed by atoms with E-state index in [2.05, 4.69) is 19.7 Å². The summed E-state index contributed by atoms with van der Waals surface area (Å²) in [6.45, 7) is 3.18. The number of sulfonamides is 1. The zero-order chi connectivity index (χ0) is 23.7. The topological polar surface area (TPSA) is 101 Å². The summed E-state index contributed by atoms with van der Waals surface area (Å²) in [5.41, 5.74) is 0.955. The Balaban J connectivity index is 1.24. The van der Waals surface area contributed by atoms with Gasteiger partial charge in [-0.05, 0) is 44.0 Å². The van der Waals surface area contributed by atoms with Gasteiger partial charge in [0.15, 0.2) is 11.0 Å². The highest BCUT2D eigenvalue weighted by atomic mass is 32.2. The van der Waals surface area contributed by atoms with Crippen LogP contribution in [0, 0.1) is 0 Å². The van der Waals surface area contributed by atoms with E-state index in [-0.39, 0.29) is 29.1 Å². The summed E-state index contributed by atoms with van der Waals surface area (Å²) >= 11 is 1.41. The second-order valence-corrected chi connectivity index (χ2v) is 11.7. The minimum Gasteiger partial charge on any atom is -0.339 e. The molecule has 1 amide bonds. The minimum absolute atomic E-state index is 0.0161. The van der Waals surface area contributed by atoms with E-state index in [0.29, 0.717) is 19.1 Å². The van der Waals surface area contributed by atoms with Gasteiger partial charge in [-0.1, -0.05) is 30.0 Å². The quantitative estimate of drug-likeness (QED) is 0.462. The van der Waals surface area contributed by atoms with Crippen LogP contribution in [0.1, 0.15) is 25.8 Å². The number of carbonyl (C=O) groups is 1. The van der Waals surface area contributed by atoms with Crippen LogP contribution in [0.2, 0.25) is 0 Å². The molecule has 0 spiro atoms. The van der Waals surface area contributed by atoms with E-state index in [1.54, 1.807) is 47.6 Å². The van der Waals surface area contributed by atoms with Crippen molar-refractivity contribution in [1.29, 1.82) is 0 Å². The van der Waals surface area contributed by atoms with Crippen LogP contribution >= 0.6 is 11.8 Å².